The van der Waals surface area contributed by atoms with Gasteiger partial charge in [-0.2, -0.15) is 0 Å². The van der Waals surface area contributed by atoms with E-state index in [0.717, 1.165) is 45.1 Å². The summed E-state index contributed by atoms with van der Waals surface area (Å²) in [7, 11) is 0. The Kier molecular flexibility index (Phi) is 3.62. The molecule has 1 aliphatic rings. The average molecular weight is 219 g/mol. The van der Waals surface area contributed by atoms with Gasteiger partial charge >= 0.3 is 0 Å². The fourth-order valence-corrected chi connectivity index (χ4v) is 2.07. The minimum Gasteiger partial charge on any atom is -0.390 e. The molecule has 3 N–H and O–H groups in total. The molecule has 0 atom stereocenters. The minimum atomic E-state index is -0.379. The number of unbranched alkanes of at least 4 members (excludes halogenated alkanes) is 1. The van der Waals surface area contributed by atoms with Crippen LogP contribution >= 0.6 is 0 Å². The summed E-state index contributed by atoms with van der Waals surface area (Å²) in [6, 6.07) is 8.60. The maximum absolute atomic E-state index is 9.87. The van der Waals surface area contributed by atoms with Gasteiger partial charge in [-0.05, 0) is 49.8 Å². The second-order valence-corrected chi connectivity index (χ2v) is 4.97. The van der Waals surface area contributed by atoms with E-state index in [1.54, 1.807) is 0 Å². The molecular formula is C14H21NO. The average Bonchev–Trinajstić information content (AvgIpc) is 2.97. The number of hydrogen-bond donors (Lipinski definition) is 2. The highest BCUT2D eigenvalue weighted by Crippen LogP contribution is 2.38. The summed E-state index contributed by atoms with van der Waals surface area (Å²) >= 11 is 0. The van der Waals surface area contributed by atoms with Crippen LogP contribution in [0.4, 0.5) is 0 Å². The Bertz CT molecular complexity index is 344. The Morgan fingerprint density at radius 1 is 1.19 bits per heavy atom. The predicted octanol–water partition coefficient (Wildman–Crippen LogP) is 2.04. The van der Waals surface area contributed by atoms with Crippen molar-refractivity contribution in [3.63, 3.8) is 0 Å². The van der Waals surface area contributed by atoms with Crippen LogP contribution in [0, 0.1) is 0 Å². The normalized spacial score (nSPS) is 17.4. The molecular weight excluding hydrogens is 198 g/mol. The molecule has 16 heavy (non-hydrogen) atoms. The summed E-state index contributed by atoms with van der Waals surface area (Å²) < 4.78 is 0. The van der Waals surface area contributed by atoms with E-state index >= 15 is 0 Å². The largest absolute Gasteiger partial charge is 0.390 e. The lowest BCUT2D eigenvalue weighted by molar-refractivity contribution is 0.151. The van der Waals surface area contributed by atoms with Crippen molar-refractivity contribution in [2.45, 2.75) is 44.1 Å². The fourth-order valence-electron chi connectivity index (χ4n) is 2.07. The summed E-state index contributed by atoms with van der Waals surface area (Å²) in [6.45, 7) is 0.777. The summed E-state index contributed by atoms with van der Waals surface area (Å²) in [6.07, 6.45) is 6.09. The van der Waals surface area contributed by atoms with Crippen LogP contribution in [0.5, 0.6) is 0 Å². The maximum Gasteiger partial charge on any atom is 0.0690 e. The zero-order chi connectivity index (χ0) is 11.4. The van der Waals surface area contributed by atoms with E-state index in [9.17, 15) is 5.11 Å². The molecule has 0 amide bonds. The van der Waals surface area contributed by atoms with Crippen molar-refractivity contribution in [1.29, 1.82) is 0 Å². The first-order chi connectivity index (χ1) is 7.72. The van der Waals surface area contributed by atoms with Gasteiger partial charge in [0.25, 0.3) is 0 Å². The maximum atomic E-state index is 9.87. The smallest absolute Gasteiger partial charge is 0.0690 e. The minimum absolute atomic E-state index is 0.379. The Balaban J connectivity index is 1.91. The molecule has 88 valence electrons. The molecule has 0 unspecified atom stereocenters. The molecule has 0 radical (unpaired) electrons. The molecule has 1 aromatic carbocycles. The van der Waals surface area contributed by atoms with Crippen molar-refractivity contribution in [3.8, 4) is 0 Å². The fraction of sp³-hybridized carbons (Fsp3) is 0.571. The van der Waals surface area contributed by atoms with E-state index in [4.69, 9.17) is 5.73 Å². The third-order valence-electron chi connectivity index (χ3n) is 3.27. The summed E-state index contributed by atoms with van der Waals surface area (Å²) in [5.74, 6) is 0. The van der Waals surface area contributed by atoms with Gasteiger partial charge in [0.1, 0.15) is 0 Å². The van der Waals surface area contributed by atoms with E-state index in [0.29, 0.717) is 0 Å². The van der Waals surface area contributed by atoms with Gasteiger partial charge in [-0.3, -0.25) is 0 Å². The first kappa shape index (κ1) is 11.6. The van der Waals surface area contributed by atoms with Crippen molar-refractivity contribution < 1.29 is 5.11 Å². The second-order valence-electron chi connectivity index (χ2n) is 4.97. The van der Waals surface area contributed by atoms with Crippen molar-refractivity contribution in [3.05, 3.63) is 35.4 Å². The summed E-state index contributed by atoms with van der Waals surface area (Å²) in [5, 5.41) is 9.87. The van der Waals surface area contributed by atoms with Crippen molar-refractivity contribution in [1.82, 2.24) is 0 Å². The SMILES string of the molecule is NCCCCc1cccc(CC2(O)CC2)c1. The van der Waals surface area contributed by atoms with Crippen molar-refractivity contribution in [2.75, 3.05) is 6.54 Å². The molecule has 1 aliphatic carbocycles. The third-order valence-corrected chi connectivity index (χ3v) is 3.27. The van der Waals surface area contributed by atoms with Crippen molar-refractivity contribution >= 4 is 0 Å². The van der Waals surface area contributed by atoms with E-state index in [1.807, 2.05) is 0 Å². The summed E-state index contributed by atoms with van der Waals surface area (Å²) in [4.78, 5) is 0. The summed E-state index contributed by atoms with van der Waals surface area (Å²) in [5.41, 5.74) is 7.74. The Morgan fingerprint density at radius 3 is 2.62 bits per heavy atom. The van der Waals surface area contributed by atoms with Crippen LogP contribution < -0.4 is 5.73 Å². The number of benzene rings is 1. The van der Waals surface area contributed by atoms with Crippen LogP contribution in [0.3, 0.4) is 0 Å². The van der Waals surface area contributed by atoms with Gasteiger partial charge in [0, 0.05) is 6.42 Å². The van der Waals surface area contributed by atoms with Gasteiger partial charge in [-0.25, -0.2) is 0 Å². The number of rotatable bonds is 6. The first-order valence-electron chi connectivity index (χ1n) is 6.22. The highest BCUT2D eigenvalue weighted by Gasteiger charge is 2.39. The van der Waals surface area contributed by atoms with Crippen LogP contribution in [0.25, 0.3) is 0 Å². The zero-order valence-corrected chi connectivity index (χ0v) is 9.78. The Morgan fingerprint density at radius 2 is 1.94 bits per heavy atom. The van der Waals surface area contributed by atoms with Crippen molar-refractivity contribution in [2.24, 2.45) is 5.73 Å². The lowest BCUT2D eigenvalue weighted by Gasteiger charge is -2.09. The molecule has 2 rings (SSSR count). The monoisotopic (exact) mass is 219 g/mol. The molecule has 2 heteroatoms. The zero-order valence-electron chi connectivity index (χ0n) is 9.78. The number of aliphatic hydroxyl groups is 1. The lowest BCUT2D eigenvalue weighted by atomic mass is 10.0. The van der Waals surface area contributed by atoms with E-state index in [1.165, 1.54) is 11.1 Å². The van der Waals surface area contributed by atoms with Crippen LogP contribution in [0.15, 0.2) is 24.3 Å². The number of aryl methyl sites for hydroxylation is 1. The highest BCUT2D eigenvalue weighted by atomic mass is 16.3. The van der Waals surface area contributed by atoms with Gasteiger partial charge < -0.3 is 10.8 Å². The molecule has 1 fully saturated rings. The number of nitrogens with two attached hydrogens (primary N) is 1. The molecule has 0 aromatic heterocycles. The molecule has 0 bridgehead atoms. The molecule has 0 heterocycles. The topological polar surface area (TPSA) is 46.2 Å². The van der Waals surface area contributed by atoms with Gasteiger partial charge in [-0.1, -0.05) is 24.3 Å². The van der Waals surface area contributed by atoms with Gasteiger partial charge in [0.15, 0.2) is 0 Å². The molecule has 0 saturated heterocycles. The van der Waals surface area contributed by atoms with E-state index in [2.05, 4.69) is 24.3 Å². The molecule has 1 aromatic rings. The molecule has 2 nitrogen and oxygen atoms in total. The highest BCUT2D eigenvalue weighted by molar-refractivity contribution is 5.26. The predicted molar refractivity (Wildman–Crippen MR) is 66.3 cm³/mol. The second kappa shape index (κ2) is 4.98. The molecule has 0 aliphatic heterocycles. The number of hydrogen-bond acceptors (Lipinski definition) is 2. The third kappa shape index (κ3) is 3.32. The van der Waals surface area contributed by atoms with Crippen LogP contribution in [0.1, 0.15) is 36.8 Å². The molecule has 1 saturated carbocycles. The Labute approximate surface area is 97.5 Å². The first-order valence-corrected chi connectivity index (χ1v) is 6.22. The van der Waals surface area contributed by atoms with Crippen LogP contribution in [0.2, 0.25) is 0 Å². The quantitative estimate of drug-likeness (QED) is 0.719. The van der Waals surface area contributed by atoms with Gasteiger partial charge in [-0.15, -0.1) is 0 Å². The molecule has 0 spiro atoms. The van der Waals surface area contributed by atoms with Crippen LogP contribution in [-0.4, -0.2) is 17.3 Å². The van der Waals surface area contributed by atoms with Crippen LogP contribution in [-0.2, 0) is 12.8 Å². The lowest BCUT2D eigenvalue weighted by Crippen LogP contribution is -2.10. The van der Waals surface area contributed by atoms with E-state index in [-0.39, 0.29) is 5.60 Å². The van der Waals surface area contributed by atoms with Gasteiger partial charge in [0.2, 0.25) is 0 Å². The van der Waals surface area contributed by atoms with Gasteiger partial charge in [0.05, 0.1) is 5.60 Å². The Hall–Kier alpha value is -0.860. The standard InChI is InChI=1S/C14H21NO/c15-9-2-1-4-12-5-3-6-13(10-12)11-14(16)7-8-14/h3,5-6,10,16H,1-2,4,7-9,11,15H2. The van der Waals surface area contributed by atoms with E-state index < -0.39 is 0 Å².